The number of hydrogen-bond donors (Lipinski definition) is 2. The van der Waals surface area contributed by atoms with Crippen LogP contribution in [0.5, 0.6) is 0 Å². The normalized spacial score (nSPS) is 19.9. The Kier molecular flexibility index (Phi) is 7.36. The van der Waals surface area contributed by atoms with Gasteiger partial charge in [-0.3, -0.25) is 4.79 Å². The Bertz CT molecular complexity index is 322. The van der Waals surface area contributed by atoms with Crippen molar-refractivity contribution < 1.29 is 19.4 Å². The minimum atomic E-state index is -0.754. The standard InChI is InChI=1S/C14H26N2O4/c1-3-11(4-5-13(17)18)6-8-15-14(19)16-9-7-12(10-16)20-2/h11-12H,3-10H2,1-2H3,(H,15,19)(H,17,18). The first kappa shape index (κ1) is 16.8. The molecule has 1 rings (SSSR count). The third-order valence-electron chi connectivity index (χ3n) is 3.94. The van der Waals surface area contributed by atoms with Crippen LogP contribution >= 0.6 is 0 Å². The van der Waals surface area contributed by atoms with Gasteiger partial charge in [-0.1, -0.05) is 13.3 Å². The zero-order chi connectivity index (χ0) is 15.0. The Morgan fingerprint density at radius 2 is 2.20 bits per heavy atom. The number of rotatable bonds is 8. The van der Waals surface area contributed by atoms with Gasteiger partial charge in [0, 0.05) is 33.2 Å². The highest BCUT2D eigenvalue weighted by atomic mass is 16.5. The number of urea groups is 1. The highest BCUT2D eigenvalue weighted by molar-refractivity contribution is 5.74. The van der Waals surface area contributed by atoms with Gasteiger partial charge < -0.3 is 20.1 Å². The van der Waals surface area contributed by atoms with Gasteiger partial charge in [0.05, 0.1) is 6.10 Å². The number of carbonyl (C=O) groups is 2. The summed E-state index contributed by atoms with van der Waals surface area (Å²) in [5, 5.41) is 11.6. The smallest absolute Gasteiger partial charge is 0.317 e. The molecule has 20 heavy (non-hydrogen) atoms. The van der Waals surface area contributed by atoms with E-state index >= 15 is 0 Å². The average molecular weight is 286 g/mol. The quantitative estimate of drug-likeness (QED) is 0.712. The number of likely N-dealkylation sites (tertiary alicyclic amines) is 1. The maximum Gasteiger partial charge on any atom is 0.317 e. The van der Waals surface area contributed by atoms with Crippen molar-refractivity contribution in [1.82, 2.24) is 10.2 Å². The van der Waals surface area contributed by atoms with E-state index in [4.69, 9.17) is 9.84 Å². The van der Waals surface area contributed by atoms with Gasteiger partial charge in [0.15, 0.2) is 0 Å². The second-order valence-corrected chi connectivity index (χ2v) is 5.32. The van der Waals surface area contributed by atoms with Crippen LogP contribution < -0.4 is 5.32 Å². The predicted octanol–water partition coefficient (Wildman–Crippen LogP) is 1.70. The van der Waals surface area contributed by atoms with Crippen LogP contribution in [-0.2, 0) is 9.53 Å². The molecule has 0 spiro atoms. The molecule has 1 aliphatic heterocycles. The summed E-state index contributed by atoms with van der Waals surface area (Å²) in [6.07, 6.45) is 3.70. The zero-order valence-electron chi connectivity index (χ0n) is 12.4. The lowest BCUT2D eigenvalue weighted by atomic mass is 9.97. The van der Waals surface area contributed by atoms with Crippen LogP contribution in [0.3, 0.4) is 0 Å². The summed E-state index contributed by atoms with van der Waals surface area (Å²) in [6, 6.07) is -0.0439. The van der Waals surface area contributed by atoms with Crippen LogP contribution in [0.15, 0.2) is 0 Å². The molecule has 116 valence electrons. The molecule has 2 atom stereocenters. The molecule has 0 saturated carbocycles. The van der Waals surface area contributed by atoms with Crippen molar-refractivity contribution in [1.29, 1.82) is 0 Å². The summed E-state index contributed by atoms with van der Waals surface area (Å²) < 4.78 is 5.23. The predicted molar refractivity (Wildman–Crippen MR) is 75.7 cm³/mol. The van der Waals surface area contributed by atoms with E-state index in [2.05, 4.69) is 12.2 Å². The van der Waals surface area contributed by atoms with Crippen molar-refractivity contribution in [3.63, 3.8) is 0 Å². The van der Waals surface area contributed by atoms with Crippen molar-refractivity contribution in [2.45, 2.75) is 45.1 Å². The fourth-order valence-corrected chi connectivity index (χ4v) is 2.48. The summed E-state index contributed by atoms with van der Waals surface area (Å²) in [5.41, 5.74) is 0. The van der Waals surface area contributed by atoms with Gasteiger partial charge in [-0.25, -0.2) is 4.79 Å². The Labute approximate surface area is 120 Å². The van der Waals surface area contributed by atoms with E-state index in [9.17, 15) is 9.59 Å². The largest absolute Gasteiger partial charge is 0.481 e. The van der Waals surface area contributed by atoms with E-state index in [1.165, 1.54) is 0 Å². The number of carboxylic acid groups (broad SMARTS) is 1. The first-order valence-corrected chi connectivity index (χ1v) is 7.34. The van der Waals surface area contributed by atoms with Gasteiger partial charge in [-0.05, 0) is 25.2 Å². The van der Waals surface area contributed by atoms with Crippen LogP contribution in [0.4, 0.5) is 4.79 Å². The van der Waals surface area contributed by atoms with Crippen molar-refractivity contribution in [2.75, 3.05) is 26.7 Å². The molecule has 2 N–H and O–H groups in total. The number of methoxy groups -OCH3 is 1. The van der Waals surface area contributed by atoms with Gasteiger partial charge in [0.25, 0.3) is 0 Å². The molecule has 1 heterocycles. The number of aliphatic carboxylic acids is 1. The number of nitrogens with zero attached hydrogens (tertiary/aromatic N) is 1. The molecule has 0 aromatic rings. The number of ether oxygens (including phenoxy) is 1. The van der Waals surface area contributed by atoms with E-state index in [1.807, 2.05) is 0 Å². The summed E-state index contributed by atoms with van der Waals surface area (Å²) in [7, 11) is 1.67. The fourth-order valence-electron chi connectivity index (χ4n) is 2.48. The molecule has 0 radical (unpaired) electrons. The zero-order valence-corrected chi connectivity index (χ0v) is 12.4. The number of hydrogen-bond acceptors (Lipinski definition) is 3. The first-order valence-electron chi connectivity index (χ1n) is 7.34. The molecule has 6 nitrogen and oxygen atoms in total. The molecule has 2 unspecified atom stereocenters. The second-order valence-electron chi connectivity index (χ2n) is 5.32. The average Bonchev–Trinajstić information content (AvgIpc) is 2.91. The SMILES string of the molecule is CCC(CCNC(=O)N1CCC(OC)C1)CCC(=O)O. The molecule has 1 saturated heterocycles. The number of amides is 2. The van der Waals surface area contributed by atoms with Gasteiger partial charge in [-0.15, -0.1) is 0 Å². The van der Waals surface area contributed by atoms with Gasteiger partial charge >= 0.3 is 12.0 Å². The maximum absolute atomic E-state index is 11.9. The highest BCUT2D eigenvalue weighted by Gasteiger charge is 2.25. The molecular weight excluding hydrogens is 260 g/mol. The Morgan fingerprint density at radius 1 is 1.45 bits per heavy atom. The summed E-state index contributed by atoms with van der Waals surface area (Å²) in [5.74, 6) is -0.396. The van der Waals surface area contributed by atoms with Crippen molar-refractivity contribution in [3.8, 4) is 0 Å². The number of carboxylic acids is 1. The Morgan fingerprint density at radius 3 is 2.75 bits per heavy atom. The minimum Gasteiger partial charge on any atom is -0.481 e. The van der Waals surface area contributed by atoms with E-state index in [0.29, 0.717) is 25.4 Å². The molecule has 0 aliphatic carbocycles. The number of nitrogens with one attached hydrogen (secondary N) is 1. The molecule has 6 heteroatoms. The summed E-state index contributed by atoms with van der Waals surface area (Å²) in [4.78, 5) is 24.2. The van der Waals surface area contributed by atoms with E-state index in [-0.39, 0.29) is 18.6 Å². The number of carbonyl (C=O) groups excluding carboxylic acids is 1. The topological polar surface area (TPSA) is 78.9 Å². The maximum atomic E-state index is 11.9. The molecule has 0 aromatic heterocycles. The Balaban J connectivity index is 2.18. The molecule has 1 aliphatic rings. The Hall–Kier alpha value is -1.30. The molecule has 1 fully saturated rings. The minimum absolute atomic E-state index is 0.0439. The van der Waals surface area contributed by atoms with Crippen LogP contribution in [0.1, 0.15) is 39.0 Å². The van der Waals surface area contributed by atoms with Gasteiger partial charge in [-0.2, -0.15) is 0 Å². The monoisotopic (exact) mass is 286 g/mol. The van der Waals surface area contributed by atoms with Crippen LogP contribution in [-0.4, -0.2) is 54.9 Å². The van der Waals surface area contributed by atoms with Crippen LogP contribution in [0.2, 0.25) is 0 Å². The van der Waals surface area contributed by atoms with Gasteiger partial charge in [0.1, 0.15) is 0 Å². The lowest BCUT2D eigenvalue weighted by molar-refractivity contribution is -0.137. The molecule has 0 bridgehead atoms. The second kappa shape index (κ2) is 8.79. The highest BCUT2D eigenvalue weighted by Crippen LogP contribution is 2.15. The molecule has 2 amide bonds. The fraction of sp³-hybridized carbons (Fsp3) is 0.857. The van der Waals surface area contributed by atoms with Crippen molar-refractivity contribution >= 4 is 12.0 Å². The third kappa shape index (κ3) is 5.77. The first-order chi connectivity index (χ1) is 9.56. The van der Waals surface area contributed by atoms with Crippen molar-refractivity contribution in [3.05, 3.63) is 0 Å². The van der Waals surface area contributed by atoms with Crippen LogP contribution in [0.25, 0.3) is 0 Å². The molecular formula is C14H26N2O4. The van der Waals surface area contributed by atoms with E-state index < -0.39 is 5.97 Å². The van der Waals surface area contributed by atoms with Crippen LogP contribution in [0, 0.1) is 5.92 Å². The van der Waals surface area contributed by atoms with E-state index in [0.717, 1.165) is 25.8 Å². The molecule has 0 aromatic carbocycles. The lowest BCUT2D eigenvalue weighted by Gasteiger charge is -2.19. The lowest BCUT2D eigenvalue weighted by Crippen LogP contribution is -2.39. The third-order valence-corrected chi connectivity index (χ3v) is 3.94. The van der Waals surface area contributed by atoms with E-state index in [1.54, 1.807) is 12.0 Å². The van der Waals surface area contributed by atoms with Gasteiger partial charge in [0.2, 0.25) is 0 Å². The summed E-state index contributed by atoms with van der Waals surface area (Å²) in [6.45, 7) is 4.04. The van der Waals surface area contributed by atoms with Crippen molar-refractivity contribution in [2.24, 2.45) is 5.92 Å². The summed E-state index contributed by atoms with van der Waals surface area (Å²) >= 11 is 0.